The summed E-state index contributed by atoms with van der Waals surface area (Å²) in [6.45, 7) is 1.27. The Morgan fingerprint density at radius 3 is 3.06 bits per heavy atom. The first-order valence-corrected chi connectivity index (χ1v) is 5.81. The Labute approximate surface area is 98.9 Å². The van der Waals surface area contributed by atoms with Crippen LogP contribution in [0.2, 0.25) is 5.02 Å². The van der Waals surface area contributed by atoms with Gasteiger partial charge in [0.25, 0.3) is 0 Å². The number of hydrogen-bond acceptors (Lipinski definition) is 3. The van der Waals surface area contributed by atoms with Crippen LogP contribution in [0.3, 0.4) is 0 Å². The second-order valence-corrected chi connectivity index (χ2v) is 4.93. The molecule has 1 spiro atoms. The van der Waals surface area contributed by atoms with Crippen LogP contribution in [0.25, 0.3) is 0 Å². The van der Waals surface area contributed by atoms with Crippen molar-refractivity contribution in [3.8, 4) is 5.75 Å². The van der Waals surface area contributed by atoms with Crippen molar-refractivity contribution in [2.75, 3.05) is 13.2 Å². The predicted molar refractivity (Wildman–Crippen MR) is 59.8 cm³/mol. The van der Waals surface area contributed by atoms with Crippen LogP contribution in [-0.2, 0) is 4.74 Å². The molecule has 86 valence electrons. The fourth-order valence-electron chi connectivity index (χ4n) is 2.44. The number of aliphatic hydroxyl groups is 1. The maximum absolute atomic E-state index is 10.1. The molecular weight excluding hydrogens is 228 g/mol. The Hall–Kier alpha value is -0.770. The minimum Gasteiger partial charge on any atom is -0.484 e. The molecular formula is C12H13ClO3. The highest BCUT2D eigenvalue weighted by molar-refractivity contribution is 6.30. The maximum Gasteiger partial charge on any atom is 0.137 e. The van der Waals surface area contributed by atoms with E-state index >= 15 is 0 Å². The quantitative estimate of drug-likeness (QED) is 0.756. The van der Waals surface area contributed by atoms with Gasteiger partial charge in [0.15, 0.2) is 0 Å². The van der Waals surface area contributed by atoms with E-state index in [1.54, 1.807) is 12.1 Å². The van der Waals surface area contributed by atoms with Gasteiger partial charge in [0, 0.05) is 23.4 Å². The van der Waals surface area contributed by atoms with Crippen molar-refractivity contribution in [3.63, 3.8) is 0 Å². The highest BCUT2D eigenvalue weighted by Gasteiger charge is 2.43. The molecule has 3 rings (SSSR count). The molecule has 4 heteroatoms. The Kier molecular flexibility index (Phi) is 2.35. The Morgan fingerprint density at radius 1 is 1.44 bits per heavy atom. The molecule has 0 radical (unpaired) electrons. The van der Waals surface area contributed by atoms with E-state index in [4.69, 9.17) is 21.1 Å². The summed E-state index contributed by atoms with van der Waals surface area (Å²) < 4.78 is 11.3. The number of aliphatic hydroxyl groups excluding tert-OH is 1. The third-order valence-electron chi connectivity index (χ3n) is 3.29. The molecule has 0 aromatic heterocycles. The average molecular weight is 241 g/mol. The smallest absolute Gasteiger partial charge is 0.137 e. The van der Waals surface area contributed by atoms with Crippen molar-refractivity contribution in [1.82, 2.24) is 0 Å². The van der Waals surface area contributed by atoms with E-state index in [0.29, 0.717) is 24.7 Å². The third kappa shape index (κ3) is 1.59. The Bertz CT molecular complexity index is 413. The van der Waals surface area contributed by atoms with E-state index in [9.17, 15) is 5.11 Å². The number of rotatable bonds is 0. The number of fused-ring (bicyclic) bond motifs is 1. The predicted octanol–water partition coefficient (Wildman–Crippen LogP) is 2.32. The summed E-state index contributed by atoms with van der Waals surface area (Å²) in [6.07, 6.45) is 0.913. The van der Waals surface area contributed by atoms with Gasteiger partial charge in [0.1, 0.15) is 11.4 Å². The highest BCUT2D eigenvalue weighted by atomic mass is 35.5. The van der Waals surface area contributed by atoms with E-state index in [2.05, 4.69) is 0 Å². The van der Waals surface area contributed by atoms with Crippen LogP contribution in [0.15, 0.2) is 18.2 Å². The average Bonchev–Trinajstić information content (AvgIpc) is 2.68. The van der Waals surface area contributed by atoms with Crippen LogP contribution in [0.1, 0.15) is 24.5 Å². The minimum atomic E-state index is -0.510. The molecule has 0 saturated carbocycles. The van der Waals surface area contributed by atoms with E-state index in [1.807, 2.05) is 6.07 Å². The van der Waals surface area contributed by atoms with Crippen LogP contribution in [0.4, 0.5) is 0 Å². The van der Waals surface area contributed by atoms with Crippen LogP contribution in [0.5, 0.6) is 5.75 Å². The van der Waals surface area contributed by atoms with E-state index in [0.717, 1.165) is 17.7 Å². The van der Waals surface area contributed by atoms with Gasteiger partial charge in [-0.15, -0.1) is 0 Å². The molecule has 1 N–H and O–H groups in total. The number of ether oxygens (including phenoxy) is 2. The molecule has 2 aliphatic heterocycles. The third-order valence-corrected chi connectivity index (χ3v) is 3.52. The number of hydrogen-bond donors (Lipinski definition) is 1. The summed E-state index contributed by atoms with van der Waals surface area (Å²) in [4.78, 5) is 0. The monoisotopic (exact) mass is 240 g/mol. The SMILES string of the molecule is OC1CC2(CCOC2)Oc2ccc(Cl)cc21. The second-order valence-electron chi connectivity index (χ2n) is 4.49. The molecule has 0 amide bonds. The van der Waals surface area contributed by atoms with Crippen LogP contribution in [0, 0.1) is 0 Å². The molecule has 3 nitrogen and oxygen atoms in total. The molecule has 1 aromatic carbocycles. The van der Waals surface area contributed by atoms with Gasteiger partial charge in [-0.1, -0.05) is 11.6 Å². The topological polar surface area (TPSA) is 38.7 Å². The first-order chi connectivity index (χ1) is 7.69. The van der Waals surface area contributed by atoms with Gasteiger partial charge in [-0.25, -0.2) is 0 Å². The van der Waals surface area contributed by atoms with Crippen molar-refractivity contribution in [2.45, 2.75) is 24.5 Å². The lowest BCUT2D eigenvalue weighted by Crippen LogP contribution is -2.41. The van der Waals surface area contributed by atoms with Crippen molar-refractivity contribution >= 4 is 11.6 Å². The first kappa shape index (κ1) is 10.4. The molecule has 1 aromatic rings. The second kappa shape index (κ2) is 3.62. The largest absolute Gasteiger partial charge is 0.484 e. The van der Waals surface area contributed by atoms with Gasteiger partial charge in [-0.3, -0.25) is 0 Å². The first-order valence-electron chi connectivity index (χ1n) is 5.43. The van der Waals surface area contributed by atoms with Crippen LogP contribution < -0.4 is 4.74 Å². The summed E-state index contributed by atoms with van der Waals surface area (Å²) in [7, 11) is 0. The fourth-order valence-corrected chi connectivity index (χ4v) is 2.62. The van der Waals surface area contributed by atoms with Gasteiger partial charge in [0.05, 0.1) is 19.3 Å². The summed E-state index contributed by atoms with van der Waals surface area (Å²) in [6, 6.07) is 5.37. The summed E-state index contributed by atoms with van der Waals surface area (Å²) in [5.41, 5.74) is 0.449. The zero-order chi connectivity index (χ0) is 11.2. The van der Waals surface area contributed by atoms with Crippen molar-refractivity contribution in [3.05, 3.63) is 28.8 Å². The highest BCUT2D eigenvalue weighted by Crippen LogP contribution is 2.43. The molecule has 16 heavy (non-hydrogen) atoms. The van der Waals surface area contributed by atoms with Gasteiger partial charge in [-0.05, 0) is 18.2 Å². The van der Waals surface area contributed by atoms with Crippen LogP contribution >= 0.6 is 11.6 Å². The standard InChI is InChI=1S/C12H13ClO3/c13-8-1-2-11-9(5-8)10(14)6-12(16-11)3-4-15-7-12/h1-2,5,10,14H,3-4,6-7H2. The molecule has 1 saturated heterocycles. The van der Waals surface area contributed by atoms with Gasteiger partial charge >= 0.3 is 0 Å². The summed E-state index contributed by atoms with van der Waals surface area (Å²) >= 11 is 5.90. The number of halogens is 1. The van der Waals surface area contributed by atoms with E-state index < -0.39 is 6.10 Å². The van der Waals surface area contributed by atoms with Gasteiger partial charge in [-0.2, -0.15) is 0 Å². The van der Waals surface area contributed by atoms with Crippen molar-refractivity contribution < 1.29 is 14.6 Å². The zero-order valence-corrected chi connectivity index (χ0v) is 9.54. The van der Waals surface area contributed by atoms with E-state index in [1.165, 1.54) is 0 Å². The summed E-state index contributed by atoms with van der Waals surface area (Å²) in [5, 5.41) is 10.7. The van der Waals surface area contributed by atoms with Gasteiger partial charge < -0.3 is 14.6 Å². The maximum atomic E-state index is 10.1. The lowest BCUT2D eigenvalue weighted by Gasteiger charge is -2.37. The normalized spacial score (nSPS) is 32.5. The number of benzene rings is 1. The lowest BCUT2D eigenvalue weighted by molar-refractivity contribution is -0.0194. The fraction of sp³-hybridized carbons (Fsp3) is 0.500. The zero-order valence-electron chi connectivity index (χ0n) is 8.78. The molecule has 1 fully saturated rings. The van der Waals surface area contributed by atoms with Crippen molar-refractivity contribution in [1.29, 1.82) is 0 Å². The molecule has 2 aliphatic rings. The molecule has 0 bridgehead atoms. The molecule has 2 heterocycles. The molecule has 2 unspecified atom stereocenters. The van der Waals surface area contributed by atoms with Gasteiger partial charge in [0.2, 0.25) is 0 Å². The Morgan fingerprint density at radius 2 is 2.31 bits per heavy atom. The van der Waals surface area contributed by atoms with Crippen LogP contribution in [-0.4, -0.2) is 23.9 Å². The molecule has 0 aliphatic carbocycles. The minimum absolute atomic E-state index is 0.333. The van der Waals surface area contributed by atoms with E-state index in [-0.39, 0.29) is 5.60 Å². The molecule has 2 atom stereocenters. The van der Waals surface area contributed by atoms with Crippen molar-refractivity contribution in [2.24, 2.45) is 0 Å². The summed E-state index contributed by atoms with van der Waals surface area (Å²) in [5.74, 6) is 0.730. The Balaban J connectivity index is 1.99. The lowest BCUT2D eigenvalue weighted by atomic mass is 9.88.